The van der Waals surface area contributed by atoms with Crippen LogP contribution >= 0.6 is 15.9 Å². The molecule has 1 aromatic rings. The van der Waals surface area contributed by atoms with Crippen molar-refractivity contribution in [2.45, 2.75) is 0 Å². The minimum atomic E-state index is -0.576. The van der Waals surface area contributed by atoms with E-state index in [4.69, 9.17) is 0 Å². The van der Waals surface area contributed by atoms with Gasteiger partial charge in [-0.15, -0.1) is 0 Å². The summed E-state index contributed by atoms with van der Waals surface area (Å²) in [6, 6.07) is 4.17. The molecule has 1 amide bonds. The molecule has 0 bridgehead atoms. The topological polar surface area (TPSA) is 81.5 Å². The Morgan fingerprint density at radius 2 is 2.27 bits per heavy atom. The van der Waals surface area contributed by atoms with Crippen LogP contribution < -0.4 is 5.48 Å². The number of carbonyl (C=O) groups is 1. The molecule has 0 aliphatic heterocycles. The van der Waals surface area contributed by atoms with Crippen LogP contribution in [0.1, 0.15) is 10.4 Å². The van der Waals surface area contributed by atoms with Crippen LogP contribution in [0.3, 0.4) is 0 Å². The Morgan fingerprint density at radius 3 is 2.80 bits per heavy atom. The fourth-order valence-corrected chi connectivity index (χ4v) is 1.57. The standard InChI is InChI=1S/C8H7BrN2O4/c1-15-10-8(12)5-3-2-4-6(7(5)9)11(13)14/h2-4H,1H3,(H,10,12). The summed E-state index contributed by atoms with van der Waals surface area (Å²) in [5.41, 5.74) is 2.05. The molecule has 7 heteroatoms. The first-order chi connectivity index (χ1) is 7.07. The molecular formula is C8H7BrN2O4. The Hall–Kier alpha value is -1.47. The highest BCUT2D eigenvalue weighted by Gasteiger charge is 2.18. The van der Waals surface area contributed by atoms with E-state index >= 15 is 0 Å². The summed E-state index contributed by atoms with van der Waals surface area (Å²) in [5.74, 6) is -0.548. The van der Waals surface area contributed by atoms with Gasteiger partial charge in [-0.05, 0) is 22.0 Å². The van der Waals surface area contributed by atoms with Gasteiger partial charge in [0.05, 0.1) is 17.6 Å². The van der Waals surface area contributed by atoms with Crippen molar-refractivity contribution in [3.05, 3.63) is 38.3 Å². The average molecular weight is 275 g/mol. The fourth-order valence-electron chi connectivity index (χ4n) is 0.984. The molecular weight excluding hydrogens is 268 g/mol. The predicted octanol–water partition coefficient (Wildman–Crippen LogP) is 1.65. The van der Waals surface area contributed by atoms with E-state index < -0.39 is 10.8 Å². The molecule has 0 fully saturated rings. The zero-order chi connectivity index (χ0) is 11.4. The third-order valence-electron chi connectivity index (χ3n) is 1.61. The first-order valence-electron chi connectivity index (χ1n) is 3.84. The third-order valence-corrected chi connectivity index (χ3v) is 2.45. The highest BCUT2D eigenvalue weighted by atomic mass is 79.9. The Morgan fingerprint density at radius 1 is 1.60 bits per heavy atom. The summed E-state index contributed by atoms with van der Waals surface area (Å²) < 4.78 is 0.129. The van der Waals surface area contributed by atoms with Gasteiger partial charge in [-0.25, -0.2) is 5.48 Å². The first kappa shape index (κ1) is 11.6. The summed E-state index contributed by atoms with van der Waals surface area (Å²) in [4.78, 5) is 25.8. The van der Waals surface area contributed by atoms with Crippen molar-refractivity contribution in [3.8, 4) is 0 Å². The van der Waals surface area contributed by atoms with Gasteiger partial charge < -0.3 is 0 Å². The lowest BCUT2D eigenvalue weighted by molar-refractivity contribution is -0.385. The number of nitro benzene ring substituents is 1. The number of rotatable bonds is 3. The maximum Gasteiger partial charge on any atom is 0.284 e. The van der Waals surface area contributed by atoms with E-state index in [1.54, 1.807) is 0 Å². The summed E-state index contributed by atoms with van der Waals surface area (Å²) in [5, 5.41) is 10.6. The van der Waals surface area contributed by atoms with Crippen molar-refractivity contribution in [2.24, 2.45) is 0 Å². The van der Waals surface area contributed by atoms with E-state index in [9.17, 15) is 14.9 Å². The van der Waals surface area contributed by atoms with Crippen LogP contribution in [0.15, 0.2) is 22.7 Å². The third kappa shape index (κ3) is 2.51. The number of hydroxylamine groups is 1. The molecule has 0 saturated heterocycles. The van der Waals surface area contributed by atoms with Crippen LogP contribution in [0.4, 0.5) is 5.69 Å². The molecule has 0 aliphatic carbocycles. The highest BCUT2D eigenvalue weighted by molar-refractivity contribution is 9.10. The normalized spacial score (nSPS) is 9.73. The van der Waals surface area contributed by atoms with Crippen LogP contribution in [-0.2, 0) is 4.84 Å². The average Bonchev–Trinajstić information content (AvgIpc) is 2.17. The second kappa shape index (κ2) is 4.85. The van der Waals surface area contributed by atoms with Crippen molar-refractivity contribution in [2.75, 3.05) is 7.11 Å². The molecule has 0 heterocycles. The second-order valence-electron chi connectivity index (χ2n) is 2.53. The van der Waals surface area contributed by atoms with Crippen molar-refractivity contribution in [1.29, 1.82) is 0 Å². The van der Waals surface area contributed by atoms with Gasteiger partial charge in [-0.3, -0.25) is 19.7 Å². The monoisotopic (exact) mass is 274 g/mol. The van der Waals surface area contributed by atoms with Crippen molar-refractivity contribution < 1.29 is 14.6 Å². The van der Waals surface area contributed by atoms with E-state index in [0.717, 1.165) is 0 Å². The largest absolute Gasteiger partial charge is 0.284 e. The number of benzene rings is 1. The fraction of sp³-hybridized carbons (Fsp3) is 0.125. The van der Waals surface area contributed by atoms with Crippen LogP contribution in [0.2, 0.25) is 0 Å². The van der Waals surface area contributed by atoms with Crippen molar-refractivity contribution in [1.82, 2.24) is 5.48 Å². The minimum absolute atomic E-state index is 0.129. The number of hydrogen-bond acceptors (Lipinski definition) is 4. The molecule has 0 aromatic heterocycles. The quantitative estimate of drug-likeness (QED) is 0.671. The summed E-state index contributed by atoms with van der Waals surface area (Å²) in [6.45, 7) is 0. The molecule has 0 radical (unpaired) electrons. The zero-order valence-electron chi connectivity index (χ0n) is 7.69. The van der Waals surface area contributed by atoms with Gasteiger partial charge >= 0.3 is 0 Å². The lowest BCUT2D eigenvalue weighted by Gasteiger charge is -2.04. The van der Waals surface area contributed by atoms with E-state index in [0.29, 0.717) is 0 Å². The molecule has 1 rings (SSSR count). The molecule has 0 unspecified atom stereocenters. The Labute approximate surface area is 93.5 Å². The number of carbonyl (C=O) groups excluding carboxylic acids is 1. The van der Waals surface area contributed by atoms with E-state index in [1.807, 2.05) is 0 Å². The zero-order valence-corrected chi connectivity index (χ0v) is 9.28. The van der Waals surface area contributed by atoms with E-state index in [-0.39, 0.29) is 15.7 Å². The SMILES string of the molecule is CONC(=O)c1cccc([N+](=O)[O-])c1Br. The molecule has 80 valence electrons. The van der Waals surface area contributed by atoms with Gasteiger partial charge in [0.15, 0.2) is 0 Å². The summed E-state index contributed by atoms with van der Waals surface area (Å²) in [6.07, 6.45) is 0. The van der Waals surface area contributed by atoms with Gasteiger partial charge in [-0.1, -0.05) is 6.07 Å². The summed E-state index contributed by atoms with van der Waals surface area (Å²) >= 11 is 2.99. The van der Waals surface area contributed by atoms with Gasteiger partial charge in [0, 0.05) is 6.07 Å². The molecule has 0 atom stereocenters. The van der Waals surface area contributed by atoms with Gasteiger partial charge in [0.25, 0.3) is 11.6 Å². The smallest absolute Gasteiger partial charge is 0.277 e. The molecule has 1 aromatic carbocycles. The lowest BCUT2D eigenvalue weighted by Crippen LogP contribution is -2.22. The number of nitrogens with one attached hydrogen (secondary N) is 1. The lowest BCUT2D eigenvalue weighted by atomic mass is 10.2. The molecule has 0 saturated carbocycles. The van der Waals surface area contributed by atoms with Crippen LogP contribution in [0.5, 0.6) is 0 Å². The molecule has 0 aliphatic rings. The molecule has 1 N–H and O–H groups in total. The highest BCUT2D eigenvalue weighted by Crippen LogP contribution is 2.27. The Kier molecular flexibility index (Phi) is 3.75. The van der Waals surface area contributed by atoms with Gasteiger partial charge in [0.2, 0.25) is 0 Å². The van der Waals surface area contributed by atoms with E-state index in [1.165, 1.54) is 25.3 Å². The number of nitro groups is 1. The molecule has 0 spiro atoms. The van der Waals surface area contributed by atoms with E-state index in [2.05, 4.69) is 26.2 Å². The number of amides is 1. The number of hydrogen-bond donors (Lipinski definition) is 1. The Bertz CT molecular complexity index is 408. The molecule has 15 heavy (non-hydrogen) atoms. The predicted molar refractivity (Wildman–Crippen MR) is 55.3 cm³/mol. The minimum Gasteiger partial charge on any atom is -0.277 e. The first-order valence-corrected chi connectivity index (χ1v) is 4.63. The van der Waals surface area contributed by atoms with Crippen LogP contribution in [0.25, 0.3) is 0 Å². The molecule has 6 nitrogen and oxygen atoms in total. The van der Waals surface area contributed by atoms with Gasteiger partial charge in [0.1, 0.15) is 4.47 Å². The Balaban J connectivity index is 3.15. The van der Waals surface area contributed by atoms with Gasteiger partial charge in [-0.2, -0.15) is 0 Å². The summed E-state index contributed by atoms with van der Waals surface area (Å²) in [7, 11) is 1.28. The van der Waals surface area contributed by atoms with Crippen LogP contribution in [-0.4, -0.2) is 17.9 Å². The maximum absolute atomic E-state index is 11.4. The number of nitrogens with zero attached hydrogens (tertiary/aromatic N) is 1. The van der Waals surface area contributed by atoms with Crippen molar-refractivity contribution in [3.63, 3.8) is 0 Å². The van der Waals surface area contributed by atoms with Crippen molar-refractivity contribution >= 4 is 27.5 Å². The van der Waals surface area contributed by atoms with Crippen LogP contribution in [0, 0.1) is 10.1 Å². The number of halogens is 1. The maximum atomic E-state index is 11.4. The second-order valence-corrected chi connectivity index (χ2v) is 3.32.